The second kappa shape index (κ2) is 6.07. The van der Waals surface area contributed by atoms with Gasteiger partial charge in [0.25, 0.3) is 5.56 Å². The number of fused-ring (bicyclic) bond motifs is 1. The fourth-order valence-corrected chi connectivity index (χ4v) is 2.44. The molecule has 0 amide bonds. The molecule has 0 saturated heterocycles. The maximum Gasteiger partial charge on any atom is 0.259 e. The first-order valence-corrected chi connectivity index (χ1v) is 7.48. The number of nitriles is 1. The Hall–Kier alpha value is -2.91. The molecule has 1 heterocycles. The molecule has 3 aromatic rings. The van der Waals surface area contributed by atoms with Crippen LogP contribution in [0, 0.1) is 11.3 Å². The lowest BCUT2D eigenvalue weighted by Crippen LogP contribution is -2.11. The number of H-pyrrole nitrogens is 1. The van der Waals surface area contributed by atoms with Crippen molar-refractivity contribution in [2.45, 2.75) is 0 Å². The zero-order valence-corrected chi connectivity index (χ0v) is 13.3. The lowest BCUT2D eigenvalue weighted by molar-refractivity contribution is 0.513. The van der Waals surface area contributed by atoms with Crippen molar-refractivity contribution in [3.05, 3.63) is 74.7 Å². The zero-order chi connectivity index (χ0) is 16.4. The van der Waals surface area contributed by atoms with Gasteiger partial charge in [-0.3, -0.25) is 4.79 Å². The van der Waals surface area contributed by atoms with Crippen molar-refractivity contribution in [1.29, 1.82) is 5.26 Å². The smallest absolute Gasteiger partial charge is 0.259 e. The fourth-order valence-electron chi connectivity index (χ4n) is 2.17. The lowest BCUT2D eigenvalue weighted by Gasteiger charge is -2.05. The highest BCUT2D eigenvalue weighted by atomic mass is 79.9. The number of halogens is 1. The monoisotopic (exact) mass is 367 g/mol. The van der Waals surface area contributed by atoms with Crippen molar-refractivity contribution >= 4 is 38.2 Å². The molecule has 0 aliphatic carbocycles. The van der Waals surface area contributed by atoms with Gasteiger partial charge in [0.05, 0.1) is 10.9 Å². The van der Waals surface area contributed by atoms with E-state index in [0.717, 1.165) is 4.47 Å². The minimum absolute atomic E-state index is 0.0385. The molecule has 0 bridgehead atoms. The predicted molar refractivity (Wildman–Crippen MR) is 91.6 cm³/mol. The SMILES string of the molecule is N#C/C(=C(/O)c1ccc(Br)cc1)c1nc2ccccc2c(=O)[nH]1. The lowest BCUT2D eigenvalue weighted by atomic mass is 10.1. The van der Waals surface area contributed by atoms with Crippen molar-refractivity contribution in [3.63, 3.8) is 0 Å². The number of hydrogen-bond donors (Lipinski definition) is 2. The van der Waals surface area contributed by atoms with Crippen LogP contribution < -0.4 is 5.56 Å². The summed E-state index contributed by atoms with van der Waals surface area (Å²) < 4.78 is 0.852. The minimum atomic E-state index is -0.359. The number of benzene rings is 2. The van der Waals surface area contributed by atoms with E-state index in [9.17, 15) is 15.2 Å². The van der Waals surface area contributed by atoms with Gasteiger partial charge in [-0.15, -0.1) is 0 Å². The molecule has 0 saturated carbocycles. The fraction of sp³-hybridized carbons (Fsp3) is 0. The highest BCUT2D eigenvalue weighted by molar-refractivity contribution is 9.10. The first kappa shape index (κ1) is 15.0. The Morgan fingerprint density at radius 3 is 2.57 bits per heavy atom. The molecule has 6 heteroatoms. The summed E-state index contributed by atoms with van der Waals surface area (Å²) in [6.07, 6.45) is 0. The number of aromatic amines is 1. The van der Waals surface area contributed by atoms with Gasteiger partial charge in [0.1, 0.15) is 17.4 Å². The quantitative estimate of drug-likeness (QED) is 0.534. The molecule has 0 aliphatic rings. The molecular weight excluding hydrogens is 358 g/mol. The summed E-state index contributed by atoms with van der Waals surface area (Å²) in [7, 11) is 0. The highest BCUT2D eigenvalue weighted by Gasteiger charge is 2.14. The van der Waals surface area contributed by atoms with Crippen molar-refractivity contribution in [3.8, 4) is 6.07 Å². The second-order valence-electron chi connectivity index (χ2n) is 4.77. The van der Waals surface area contributed by atoms with Gasteiger partial charge in [0.15, 0.2) is 5.82 Å². The van der Waals surface area contributed by atoms with Crippen LogP contribution in [0.3, 0.4) is 0 Å². The summed E-state index contributed by atoms with van der Waals surface area (Å²) in [6, 6.07) is 15.5. The van der Waals surface area contributed by atoms with Crippen molar-refractivity contribution in [2.24, 2.45) is 0 Å². The molecule has 2 aromatic carbocycles. The number of nitrogens with one attached hydrogen (secondary N) is 1. The third-order valence-electron chi connectivity index (χ3n) is 3.32. The van der Waals surface area contributed by atoms with Crippen molar-refractivity contribution in [1.82, 2.24) is 9.97 Å². The Kier molecular flexibility index (Phi) is 3.96. The van der Waals surface area contributed by atoms with Gasteiger partial charge >= 0.3 is 0 Å². The first-order chi connectivity index (χ1) is 11.1. The minimum Gasteiger partial charge on any atom is -0.506 e. The van der Waals surface area contributed by atoms with Gasteiger partial charge in [0, 0.05) is 10.0 Å². The molecule has 0 fully saturated rings. The molecule has 112 valence electrons. The van der Waals surface area contributed by atoms with Crippen LogP contribution in [-0.2, 0) is 0 Å². The zero-order valence-electron chi connectivity index (χ0n) is 11.7. The molecule has 3 rings (SSSR count). The summed E-state index contributed by atoms with van der Waals surface area (Å²) in [6.45, 7) is 0. The number of aromatic nitrogens is 2. The van der Waals surface area contributed by atoms with Gasteiger partial charge in [-0.2, -0.15) is 5.26 Å². The molecule has 23 heavy (non-hydrogen) atoms. The predicted octanol–water partition coefficient (Wildman–Crippen LogP) is 3.64. The number of nitrogens with zero attached hydrogens (tertiary/aromatic N) is 2. The van der Waals surface area contributed by atoms with E-state index in [4.69, 9.17) is 0 Å². The van der Waals surface area contributed by atoms with Gasteiger partial charge in [-0.25, -0.2) is 4.98 Å². The van der Waals surface area contributed by atoms with Crippen LogP contribution in [-0.4, -0.2) is 15.1 Å². The average molecular weight is 368 g/mol. The van der Waals surface area contributed by atoms with E-state index in [1.165, 1.54) is 0 Å². The number of aliphatic hydroxyl groups excluding tert-OH is 1. The van der Waals surface area contributed by atoms with E-state index in [1.807, 2.05) is 6.07 Å². The van der Waals surface area contributed by atoms with Crippen LogP contribution in [0.15, 0.2) is 57.8 Å². The molecule has 1 aromatic heterocycles. The van der Waals surface area contributed by atoms with E-state index in [0.29, 0.717) is 16.5 Å². The summed E-state index contributed by atoms with van der Waals surface area (Å²) in [5.41, 5.74) is 0.472. The summed E-state index contributed by atoms with van der Waals surface area (Å²) >= 11 is 3.31. The van der Waals surface area contributed by atoms with E-state index in [1.54, 1.807) is 48.5 Å². The van der Waals surface area contributed by atoms with Crippen LogP contribution in [0.2, 0.25) is 0 Å². The van der Waals surface area contributed by atoms with Crippen molar-refractivity contribution in [2.75, 3.05) is 0 Å². The molecule has 0 spiro atoms. The Balaban J connectivity index is 2.22. The topological polar surface area (TPSA) is 89.8 Å². The summed E-state index contributed by atoms with van der Waals surface area (Å²) in [5, 5.41) is 20.2. The number of rotatable bonds is 2. The first-order valence-electron chi connectivity index (χ1n) is 6.69. The highest BCUT2D eigenvalue weighted by Crippen LogP contribution is 2.23. The molecule has 0 atom stereocenters. The van der Waals surface area contributed by atoms with E-state index in [2.05, 4.69) is 25.9 Å². The van der Waals surface area contributed by atoms with E-state index in [-0.39, 0.29) is 22.7 Å². The van der Waals surface area contributed by atoms with Crippen LogP contribution >= 0.6 is 15.9 Å². The van der Waals surface area contributed by atoms with Gasteiger partial charge < -0.3 is 10.1 Å². The molecule has 5 nitrogen and oxygen atoms in total. The Morgan fingerprint density at radius 1 is 1.17 bits per heavy atom. The Bertz CT molecular complexity index is 1010. The number of para-hydroxylation sites is 1. The Morgan fingerprint density at radius 2 is 1.87 bits per heavy atom. The normalized spacial score (nSPS) is 11.8. The van der Waals surface area contributed by atoms with Gasteiger partial charge in [-0.1, -0.05) is 40.2 Å². The summed E-state index contributed by atoms with van der Waals surface area (Å²) in [5.74, 6) is -0.199. The largest absolute Gasteiger partial charge is 0.506 e. The number of aliphatic hydroxyl groups is 1. The maximum atomic E-state index is 12.1. The van der Waals surface area contributed by atoms with E-state index < -0.39 is 0 Å². The molecule has 2 N–H and O–H groups in total. The van der Waals surface area contributed by atoms with Crippen molar-refractivity contribution < 1.29 is 5.11 Å². The Labute approximate surface area is 139 Å². The van der Waals surface area contributed by atoms with Crippen LogP contribution in [0.5, 0.6) is 0 Å². The molecule has 0 radical (unpaired) electrons. The van der Waals surface area contributed by atoms with Crippen LogP contribution in [0.1, 0.15) is 11.4 Å². The third kappa shape index (κ3) is 2.87. The van der Waals surface area contributed by atoms with Gasteiger partial charge in [-0.05, 0) is 24.3 Å². The summed E-state index contributed by atoms with van der Waals surface area (Å²) in [4.78, 5) is 18.9. The standard InChI is InChI=1S/C17H10BrN3O2/c18-11-7-5-10(6-8-11)15(22)13(9-19)16-20-14-4-2-1-3-12(14)17(23)21-16/h1-8,22H,(H,20,21,23)/b15-13-. The third-order valence-corrected chi connectivity index (χ3v) is 3.84. The maximum absolute atomic E-state index is 12.1. The molecule has 0 unspecified atom stereocenters. The van der Waals surface area contributed by atoms with Crippen LogP contribution in [0.25, 0.3) is 22.2 Å². The second-order valence-corrected chi connectivity index (χ2v) is 5.69. The molecular formula is C17H10BrN3O2. The van der Waals surface area contributed by atoms with Gasteiger partial charge in [0.2, 0.25) is 0 Å². The van der Waals surface area contributed by atoms with E-state index >= 15 is 0 Å². The molecule has 0 aliphatic heterocycles. The number of hydrogen-bond acceptors (Lipinski definition) is 4. The van der Waals surface area contributed by atoms with Crippen LogP contribution in [0.4, 0.5) is 0 Å². The average Bonchev–Trinajstić information content (AvgIpc) is 2.56. The number of allylic oxidation sites excluding steroid dienone is 1.